The van der Waals surface area contributed by atoms with E-state index in [1.807, 2.05) is 35.4 Å². The maximum Gasteiger partial charge on any atom is 0.213 e. The lowest BCUT2D eigenvalue weighted by Gasteiger charge is -2.08. The molecule has 0 aliphatic carbocycles. The van der Waals surface area contributed by atoms with Crippen LogP contribution in [0.25, 0.3) is 22.6 Å². The van der Waals surface area contributed by atoms with E-state index in [-0.39, 0.29) is 0 Å². The largest absolute Gasteiger partial charge is 0.330 e. The molecule has 0 N–H and O–H groups in total. The summed E-state index contributed by atoms with van der Waals surface area (Å²) in [5, 5.41) is 0. The predicted octanol–water partition coefficient (Wildman–Crippen LogP) is 2.72. The third kappa shape index (κ3) is 2.44. The molecule has 0 aliphatic rings. The van der Waals surface area contributed by atoms with Crippen LogP contribution >= 0.6 is 0 Å². The van der Waals surface area contributed by atoms with Crippen LogP contribution in [0.5, 0.6) is 0 Å². The lowest BCUT2D eigenvalue weighted by atomic mass is 10.3. The molecule has 4 rings (SSSR count). The smallest absolute Gasteiger partial charge is 0.213 e. The van der Waals surface area contributed by atoms with Gasteiger partial charge in [0, 0.05) is 25.1 Å². The molecule has 0 bridgehead atoms. The second-order valence-electron chi connectivity index (χ2n) is 5.63. The van der Waals surface area contributed by atoms with Crippen molar-refractivity contribution in [2.24, 2.45) is 7.05 Å². The molecule has 24 heavy (non-hydrogen) atoms. The van der Waals surface area contributed by atoms with Crippen molar-refractivity contribution in [3.63, 3.8) is 0 Å². The van der Waals surface area contributed by atoms with Crippen molar-refractivity contribution in [2.45, 2.75) is 13.5 Å². The number of hydrogen-bond acceptors (Lipinski definition) is 4. The van der Waals surface area contributed by atoms with Crippen molar-refractivity contribution in [1.82, 2.24) is 29.1 Å². The quantitative estimate of drug-likeness (QED) is 0.544. The van der Waals surface area contributed by atoms with Gasteiger partial charge in [0.15, 0.2) is 5.82 Å². The summed E-state index contributed by atoms with van der Waals surface area (Å²) in [7, 11) is 1.97. The molecule has 0 aromatic carbocycles. The third-order valence-electron chi connectivity index (χ3n) is 3.97. The van der Waals surface area contributed by atoms with E-state index < -0.39 is 5.95 Å². The zero-order chi connectivity index (χ0) is 16.7. The fourth-order valence-electron chi connectivity index (χ4n) is 2.74. The SMILES string of the molecule is Cc1cc2c(cn1)nc(Cn1ccnc1-c1cccc(F)n1)n2C. The van der Waals surface area contributed by atoms with Gasteiger partial charge in [0.05, 0.1) is 18.3 Å². The van der Waals surface area contributed by atoms with E-state index in [0.29, 0.717) is 18.1 Å². The highest BCUT2D eigenvalue weighted by Crippen LogP contribution is 2.19. The van der Waals surface area contributed by atoms with Crippen molar-refractivity contribution >= 4 is 11.0 Å². The molecular weight excluding hydrogens is 307 g/mol. The van der Waals surface area contributed by atoms with Gasteiger partial charge < -0.3 is 9.13 Å². The number of hydrogen-bond donors (Lipinski definition) is 0. The maximum atomic E-state index is 13.4. The Hall–Kier alpha value is -3.09. The Kier molecular flexibility index (Phi) is 3.34. The van der Waals surface area contributed by atoms with Gasteiger partial charge in [-0.15, -0.1) is 0 Å². The van der Waals surface area contributed by atoms with Crippen molar-refractivity contribution in [3.05, 3.63) is 60.3 Å². The summed E-state index contributed by atoms with van der Waals surface area (Å²) in [6, 6.07) is 6.69. The highest BCUT2D eigenvalue weighted by Gasteiger charge is 2.13. The van der Waals surface area contributed by atoms with E-state index in [2.05, 4.69) is 19.9 Å². The first-order chi connectivity index (χ1) is 11.6. The standard InChI is InChI=1S/C17H15FN6/c1-11-8-14-13(9-20-11)22-16(23(14)2)10-24-7-6-19-17(24)12-4-3-5-15(18)21-12/h3-9H,10H2,1-2H3. The van der Waals surface area contributed by atoms with Gasteiger partial charge in [-0.05, 0) is 25.1 Å². The number of halogens is 1. The number of nitrogens with zero attached hydrogens (tertiary/aromatic N) is 6. The molecule has 4 aromatic rings. The van der Waals surface area contributed by atoms with E-state index in [4.69, 9.17) is 0 Å². The second kappa shape index (κ2) is 5.52. The predicted molar refractivity (Wildman–Crippen MR) is 87.8 cm³/mol. The molecule has 0 spiro atoms. The minimum absolute atomic E-state index is 0.497. The van der Waals surface area contributed by atoms with Crippen LogP contribution in [0.4, 0.5) is 4.39 Å². The lowest BCUT2D eigenvalue weighted by Crippen LogP contribution is -2.07. The average Bonchev–Trinajstić information content (AvgIpc) is 3.14. The van der Waals surface area contributed by atoms with Gasteiger partial charge in [-0.3, -0.25) is 4.98 Å². The van der Waals surface area contributed by atoms with Crippen LogP contribution in [0.15, 0.2) is 42.9 Å². The van der Waals surface area contributed by atoms with Crippen LogP contribution in [0.3, 0.4) is 0 Å². The molecule has 120 valence electrons. The van der Waals surface area contributed by atoms with E-state index >= 15 is 0 Å². The minimum atomic E-state index is -0.522. The van der Waals surface area contributed by atoms with Crippen LogP contribution in [-0.4, -0.2) is 29.1 Å². The number of aromatic nitrogens is 6. The van der Waals surface area contributed by atoms with Gasteiger partial charge in [0.25, 0.3) is 0 Å². The summed E-state index contributed by atoms with van der Waals surface area (Å²) >= 11 is 0. The van der Waals surface area contributed by atoms with Crippen molar-refractivity contribution in [2.75, 3.05) is 0 Å². The molecule has 0 atom stereocenters. The van der Waals surface area contributed by atoms with Crippen LogP contribution in [0, 0.1) is 12.9 Å². The number of aryl methyl sites for hydroxylation is 2. The van der Waals surface area contributed by atoms with Gasteiger partial charge in [-0.2, -0.15) is 4.39 Å². The molecule has 0 aliphatic heterocycles. The van der Waals surface area contributed by atoms with Gasteiger partial charge in [0.1, 0.15) is 17.0 Å². The van der Waals surface area contributed by atoms with Crippen molar-refractivity contribution in [3.8, 4) is 11.5 Å². The summed E-state index contributed by atoms with van der Waals surface area (Å²) < 4.78 is 17.3. The molecule has 0 saturated heterocycles. The third-order valence-corrected chi connectivity index (χ3v) is 3.97. The Morgan fingerprint density at radius 3 is 2.88 bits per heavy atom. The molecular formula is C17H15FN6. The molecule has 0 unspecified atom stereocenters. The molecule has 0 radical (unpaired) electrons. The average molecular weight is 322 g/mol. The van der Waals surface area contributed by atoms with Crippen LogP contribution in [0.1, 0.15) is 11.5 Å². The number of rotatable bonds is 3. The maximum absolute atomic E-state index is 13.4. The Morgan fingerprint density at radius 2 is 2.04 bits per heavy atom. The summed E-state index contributed by atoms with van der Waals surface area (Å²) in [5.41, 5.74) is 3.33. The Labute approximate surface area is 137 Å². The minimum Gasteiger partial charge on any atom is -0.330 e. The van der Waals surface area contributed by atoms with E-state index in [9.17, 15) is 4.39 Å². The molecule has 4 heterocycles. The fourth-order valence-corrected chi connectivity index (χ4v) is 2.74. The zero-order valence-electron chi connectivity index (χ0n) is 13.3. The summed E-state index contributed by atoms with van der Waals surface area (Å²) in [4.78, 5) is 17.1. The summed E-state index contributed by atoms with van der Waals surface area (Å²) in [6.07, 6.45) is 5.29. The monoisotopic (exact) mass is 322 g/mol. The van der Waals surface area contributed by atoms with Crippen molar-refractivity contribution < 1.29 is 4.39 Å². The Balaban J connectivity index is 1.75. The van der Waals surface area contributed by atoms with Crippen LogP contribution in [0.2, 0.25) is 0 Å². The topological polar surface area (TPSA) is 61.4 Å². The Morgan fingerprint density at radius 1 is 1.17 bits per heavy atom. The molecule has 0 fully saturated rings. The number of fused-ring (bicyclic) bond motifs is 1. The second-order valence-corrected chi connectivity index (χ2v) is 5.63. The first kappa shape index (κ1) is 14.5. The zero-order valence-corrected chi connectivity index (χ0v) is 13.3. The number of imidazole rings is 2. The van der Waals surface area contributed by atoms with E-state index in [1.165, 1.54) is 6.07 Å². The number of pyridine rings is 2. The summed E-state index contributed by atoms with van der Waals surface area (Å²) in [6.45, 7) is 2.47. The van der Waals surface area contributed by atoms with E-state index in [0.717, 1.165) is 22.6 Å². The van der Waals surface area contributed by atoms with Crippen LogP contribution < -0.4 is 0 Å². The normalized spacial score (nSPS) is 11.3. The van der Waals surface area contributed by atoms with Crippen LogP contribution in [-0.2, 0) is 13.6 Å². The van der Waals surface area contributed by atoms with Gasteiger partial charge in [0.2, 0.25) is 5.95 Å². The van der Waals surface area contributed by atoms with Gasteiger partial charge >= 0.3 is 0 Å². The highest BCUT2D eigenvalue weighted by atomic mass is 19.1. The van der Waals surface area contributed by atoms with Gasteiger partial charge in [-0.25, -0.2) is 15.0 Å². The molecule has 0 amide bonds. The molecule has 7 heteroatoms. The molecule has 0 saturated carbocycles. The lowest BCUT2D eigenvalue weighted by molar-refractivity contribution is 0.584. The first-order valence-corrected chi connectivity index (χ1v) is 7.54. The van der Waals surface area contributed by atoms with Gasteiger partial charge in [-0.1, -0.05) is 6.07 Å². The molecule has 4 aromatic heterocycles. The summed E-state index contributed by atoms with van der Waals surface area (Å²) in [5.74, 6) is 0.954. The van der Waals surface area contributed by atoms with Crippen molar-refractivity contribution in [1.29, 1.82) is 0 Å². The fraction of sp³-hybridized carbons (Fsp3) is 0.176. The highest BCUT2D eigenvalue weighted by molar-refractivity contribution is 5.75. The molecule has 6 nitrogen and oxygen atoms in total. The van der Waals surface area contributed by atoms with E-state index in [1.54, 1.807) is 24.5 Å². The Bertz CT molecular complexity index is 1030. The first-order valence-electron chi connectivity index (χ1n) is 7.54.